The Hall–Kier alpha value is -0.510. The van der Waals surface area contributed by atoms with Gasteiger partial charge in [-0.05, 0) is 43.3 Å². The zero-order valence-corrected chi connectivity index (χ0v) is 15.0. The maximum Gasteiger partial charge on any atom is 0.0725 e. The number of thiol groups is 1. The van der Waals surface area contributed by atoms with Crippen LogP contribution in [0.1, 0.15) is 71.4 Å². The molecule has 0 bridgehead atoms. The van der Waals surface area contributed by atoms with Crippen LogP contribution in [0, 0.1) is 11.8 Å². The molecule has 1 aromatic heterocycles. The first-order valence-corrected chi connectivity index (χ1v) is 9.25. The van der Waals surface area contributed by atoms with Crippen molar-refractivity contribution in [1.82, 2.24) is 15.0 Å². The molecule has 1 rings (SSSR count). The molecule has 21 heavy (non-hydrogen) atoms. The third kappa shape index (κ3) is 8.50. The average molecular weight is 312 g/mol. The number of aryl methyl sites for hydroxylation is 2. The Balaban J connectivity index is 2.16. The van der Waals surface area contributed by atoms with Crippen LogP contribution < -0.4 is 0 Å². The van der Waals surface area contributed by atoms with E-state index < -0.39 is 0 Å². The molecule has 3 nitrogen and oxygen atoms in total. The highest BCUT2D eigenvalue weighted by Gasteiger charge is 2.05. The number of unbranched alkanes of at least 4 members (excludes halogenated alkanes) is 3. The van der Waals surface area contributed by atoms with Crippen LogP contribution in [0.5, 0.6) is 0 Å². The van der Waals surface area contributed by atoms with Crippen molar-refractivity contribution < 1.29 is 0 Å². The van der Waals surface area contributed by atoms with Crippen LogP contribution in [0.4, 0.5) is 0 Å². The smallest absolute Gasteiger partial charge is 0.0725 e. The summed E-state index contributed by atoms with van der Waals surface area (Å²) in [4.78, 5) is 0. The quantitative estimate of drug-likeness (QED) is 0.445. The molecule has 0 spiro atoms. The van der Waals surface area contributed by atoms with Crippen molar-refractivity contribution in [2.24, 2.45) is 11.8 Å². The highest BCUT2D eigenvalue weighted by Crippen LogP contribution is 2.13. The molecule has 0 aromatic carbocycles. The molecule has 0 radical (unpaired) electrons. The van der Waals surface area contributed by atoms with E-state index >= 15 is 0 Å². The predicted molar refractivity (Wildman–Crippen MR) is 93.9 cm³/mol. The number of rotatable bonds is 12. The van der Waals surface area contributed by atoms with Gasteiger partial charge in [-0.3, -0.25) is 0 Å². The standard InChI is InChI=1S/C17H33N3S/c1-15(2)9-6-4-5-7-12-20-17(13-18-19-20)11-8-10-16(3)14-21/h13,15-16,21H,4-12,14H2,1-3H3. The molecular weight excluding hydrogens is 278 g/mol. The summed E-state index contributed by atoms with van der Waals surface area (Å²) in [6.07, 6.45) is 12.1. The van der Waals surface area contributed by atoms with Gasteiger partial charge in [-0.1, -0.05) is 51.7 Å². The second kappa shape index (κ2) is 11.1. The number of hydrogen-bond acceptors (Lipinski definition) is 3. The Morgan fingerprint density at radius 1 is 1.05 bits per heavy atom. The Morgan fingerprint density at radius 2 is 1.81 bits per heavy atom. The zero-order chi connectivity index (χ0) is 15.5. The zero-order valence-electron chi connectivity index (χ0n) is 14.1. The first kappa shape index (κ1) is 18.5. The van der Waals surface area contributed by atoms with Crippen molar-refractivity contribution in [3.05, 3.63) is 11.9 Å². The van der Waals surface area contributed by atoms with Gasteiger partial charge < -0.3 is 0 Å². The minimum atomic E-state index is 0.707. The molecule has 0 aliphatic rings. The molecule has 1 aromatic rings. The Labute approximate surface area is 136 Å². The van der Waals surface area contributed by atoms with Crippen LogP contribution in [0.3, 0.4) is 0 Å². The fourth-order valence-electron chi connectivity index (χ4n) is 2.55. The summed E-state index contributed by atoms with van der Waals surface area (Å²) in [5.74, 6) is 2.53. The van der Waals surface area contributed by atoms with E-state index in [0.29, 0.717) is 5.92 Å². The normalized spacial score (nSPS) is 13.0. The van der Waals surface area contributed by atoms with E-state index in [2.05, 4.69) is 48.4 Å². The summed E-state index contributed by atoms with van der Waals surface area (Å²) in [5, 5.41) is 8.31. The molecule has 0 saturated carbocycles. The molecule has 0 N–H and O–H groups in total. The van der Waals surface area contributed by atoms with Crippen molar-refractivity contribution in [2.75, 3.05) is 5.75 Å². The SMILES string of the molecule is CC(C)CCCCCCn1nncc1CCCC(C)CS. The second-order valence-corrected chi connectivity index (χ2v) is 7.09. The van der Waals surface area contributed by atoms with Gasteiger partial charge in [-0.15, -0.1) is 5.10 Å². The molecule has 4 heteroatoms. The minimum Gasteiger partial charge on any atom is -0.249 e. The van der Waals surface area contributed by atoms with Crippen LogP contribution in [0.25, 0.3) is 0 Å². The lowest BCUT2D eigenvalue weighted by atomic mass is 10.0. The third-order valence-electron chi connectivity index (χ3n) is 4.04. The first-order valence-electron chi connectivity index (χ1n) is 8.61. The number of aromatic nitrogens is 3. The monoisotopic (exact) mass is 311 g/mol. The van der Waals surface area contributed by atoms with Crippen LogP contribution in [-0.2, 0) is 13.0 Å². The van der Waals surface area contributed by atoms with E-state index in [0.717, 1.165) is 24.6 Å². The third-order valence-corrected chi connectivity index (χ3v) is 4.66. The van der Waals surface area contributed by atoms with E-state index in [1.807, 2.05) is 6.20 Å². The maximum absolute atomic E-state index is 4.34. The van der Waals surface area contributed by atoms with Crippen molar-refractivity contribution in [3.8, 4) is 0 Å². The van der Waals surface area contributed by atoms with Crippen LogP contribution in [-0.4, -0.2) is 20.7 Å². The van der Waals surface area contributed by atoms with Gasteiger partial charge in [-0.2, -0.15) is 12.6 Å². The molecule has 0 fully saturated rings. The van der Waals surface area contributed by atoms with Crippen molar-refractivity contribution in [1.29, 1.82) is 0 Å². The summed E-state index contributed by atoms with van der Waals surface area (Å²) in [6.45, 7) is 7.89. The van der Waals surface area contributed by atoms with E-state index in [9.17, 15) is 0 Å². The Bertz CT molecular complexity index is 363. The van der Waals surface area contributed by atoms with E-state index in [-0.39, 0.29) is 0 Å². The van der Waals surface area contributed by atoms with Crippen molar-refractivity contribution in [2.45, 2.75) is 78.7 Å². The lowest BCUT2D eigenvalue weighted by Gasteiger charge is -2.09. The fourth-order valence-corrected chi connectivity index (χ4v) is 2.73. The highest BCUT2D eigenvalue weighted by atomic mass is 32.1. The van der Waals surface area contributed by atoms with Gasteiger partial charge in [0.25, 0.3) is 0 Å². The second-order valence-electron chi connectivity index (χ2n) is 6.73. The van der Waals surface area contributed by atoms with Gasteiger partial charge in [0.2, 0.25) is 0 Å². The number of hydrogen-bond donors (Lipinski definition) is 1. The summed E-state index contributed by atoms with van der Waals surface area (Å²) in [6, 6.07) is 0. The lowest BCUT2D eigenvalue weighted by Crippen LogP contribution is -2.06. The van der Waals surface area contributed by atoms with Gasteiger partial charge in [-0.25, -0.2) is 4.68 Å². The highest BCUT2D eigenvalue weighted by molar-refractivity contribution is 7.80. The fraction of sp³-hybridized carbons (Fsp3) is 0.882. The van der Waals surface area contributed by atoms with Gasteiger partial charge in [0.1, 0.15) is 0 Å². The Morgan fingerprint density at radius 3 is 2.52 bits per heavy atom. The molecule has 1 heterocycles. The molecule has 0 saturated heterocycles. The molecular formula is C17H33N3S. The van der Waals surface area contributed by atoms with E-state index in [4.69, 9.17) is 0 Å². The largest absolute Gasteiger partial charge is 0.249 e. The topological polar surface area (TPSA) is 30.7 Å². The molecule has 1 atom stereocenters. The summed E-state index contributed by atoms with van der Waals surface area (Å²) >= 11 is 4.34. The van der Waals surface area contributed by atoms with Gasteiger partial charge in [0.15, 0.2) is 0 Å². The van der Waals surface area contributed by atoms with Gasteiger partial charge in [0.05, 0.1) is 11.9 Å². The van der Waals surface area contributed by atoms with Crippen LogP contribution in [0.15, 0.2) is 6.20 Å². The van der Waals surface area contributed by atoms with Crippen molar-refractivity contribution >= 4 is 12.6 Å². The summed E-state index contributed by atoms with van der Waals surface area (Å²) in [7, 11) is 0. The maximum atomic E-state index is 4.34. The molecule has 1 unspecified atom stereocenters. The number of nitrogens with zero attached hydrogens (tertiary/aromatic N) is 3. The van der Waals surface area contributed by atoms with Gasteiger partial charge >= 0.3 is 0 Å². The molecule has 0 aliphatic heterocycles. The summed E-state index contributed by atoms with van der Waals surface area (Å²) < 4.78 is 2.10. The predicted octanol–water partition coefficient (Wildman–Crippen LogP) is 4.77. The summed E-state index contributed by atoms with van der Waals surface area (Å²) in [5.41, 5.74) is 1.29. The molecule has 122 valence electrons. The molecule has 0 amide bonds. The minimum absolute atomic E-state index is 0.707. The lowest BCUT2D eigenvalue weighted by molar-refractivity contribution is 0.477. The van der Waals surface area contributed by atoms with Crippen molar-refractivity contribution in [3.63, 3.8) is 0 Å². The van der Waals surface area contributed by atoms with Crippen LogP contribution >= 0.6 is 12.6 Å². The van der Waals surface area contributed by atoms with E-state index in [1.54, 1.807) is 0 Å². The molecule has 0 aliphatic carbocycles. The Kier molecular flexibility index (Phi) is 9.81. The van der Waals surface area contributed by atoms with Gasteiger partial charge in [0, 0.05) is 6.54 Å². The first-order chi connectivity index (χ1) is 10.1. The average Bonchev–Trinajstić information content (AvgIpc) is 2.89. The van der Waals surface area contributed by atoms with E-state index in [1.165, 1.54) is 50.6 Å². The van der Waals surface area contributed by atoms with Crippen LogP contribution in [0.2, 0.25) is 0 Å².